The minimum absolute atomic E-state index is 0.161. The highest BCUT2D eigenvalue weighted by atomic mass is 32.2. The number of nitrogens with zero attached hydrogens (tertiary/aromatic N) is 2. The SMILES string of the molecule is CC(=O)Nc1ccc(NC(=O)C(C)SC2=N/C(=C\c3ccc4c(c3)OCO4)C(=O)N2c2ccc(C)cc2)cc1. The van der Waals surface area contributed by atoms with Crippen LogP contribution in [0.3, 0.4) is 0 Å². The maximum atomic E-state index is 13.5. The Morgan fingerprint density at radius 2 is 1.64 bits per heavy atom. The van der Waals surface area contributed by atoms with Crippen LogP contribution in [0.25, 0.3) is 6.08 Å². The van der Waals surface area contributed by atoms with Gasteiger partial charge in [0.1, 0.15) is 5.70 Å². The number of anilines is 3. The lowest BCUT2D eigenvalue weighted by Gasteiger charge is -2.20. The molecule has 2 aliphatic heterocycles. The number of aryl methyl sites for hydroxylation is 1. The van der Waals surface area contributed by atoms with Gasteiger partial charge in [0.2, 0.25) is 18.6 Å². The van der Waals surface area contributed by atoms with E-state index in [1.165, 1.54) is 23.6 Å². The van der Waals surface area contributed by atoms with E-state index >= 15 is 0 Å². The van der Waals surface area contributed by atoms with Crippen molar-refractivity contribution in [2.75, 3.05) is 22.3 Å². The van der Waals surface area contributed by atoms with E-state index in [0.29, 0.717) is 33.7 Å². The third kappa shape index (κ3) is 5.96. The molecule has 9 nitrogen and oxygen atoms in total. The van der Waals surface area contributed by atoms with Crippen molar-refractivity contribution >= 4 is 57.8 Å². The van der Waals surface area contributed by atoms with Crippen molar-refractivity contribution in [1.29, 1.82) is 0 Å². The highest BCUT2D eigenvalue weighted by molar-refractivity contribution is 8.15. The fourth-order valence-corrected chi connectivity index (χ4v) is 4.88. The standard InChI is InChI=1S/C29H26N4O5S/c1-17-4-11-23(12-5-17)33-28(36)24(14-20-6-13-25-26(15-20)38-16-37-25)32-29(33)39-18(2)27(35)31-22-9-7-21(8-10-22)30-19(3)34/h4-15,18H,16H2,1-3H3,(H,30,34)(H,31,35)/b24-14-. The van der Waals surface area contributed by atoms with Crippen molar-refractivity contribution < 1.29 is 23.9 Å². The Balaban J connectivity index is 1.37. The minimum atomic E-state index is -0.565. The Kier molecular flexibility index (Phi) is 7.38. The number of hydrogen-bond donors (Lipinski definition) is 2. The molecular weight excluding hydrogens is 516 g/mol. The van der Waals surface area contributed by atoms with E-state index in [0.717, 1.165) is 11.1 Å². The van der Waals surface area contributed by atoms with E-state index in [1.807, 2.05) is 37.3 Å². The average Bonchev–Trinajstić information content (AvgIpc) is 3.49. The summed E-state index contributed by atoms with van der Waals surface area (Å²) in [6.07, 6.45) is 1.69. The number of carbonyl (C=O) groups is 3. The molecule has 3 aromatic rings. The van der Waals surface area contributed by atoms with Crippen LogP contribution in [0.15, 0.2) is 77.4 Å². The van der Waals surface area contributed by atoms with Crippen molar-refractivity contribution in [3.05, 3.63) is 83.6 Å². The topological polar surface area (TPSA) is 109 Å². The predicted octanol–water partition coefficient (Wildman–Crippen LogP) is 5.19. The number of amidine groups is 1. The van der Waals surface area contributed by atoms with Gasteiger partial charge in [0.25, 0.3) is 5.91 Å². The summed E-state index contributed by atoms with van der Waals surface area (Å²) in [6.45, 7) is 5.32. The molecule has 3 aromatic carbocycles. The molecule has 0 aliphatic carbocycles. The van der Waals surface area contributed by atoms with Crippen molar-refractivity contribution in [3.63, 3.8) is 0 Å². The second kappa shape index (κ2) is 11.0. The molecule has 0 aromatic heterocycles. The molecule has 2 N–H and O–H groups in total. The third-order valence-electron chi connectivity index (χ3n) is 5.95. The number of thioether (sulfide) groups is 1. The summed E-state index contributed by atoms with van der Waals surface area (Å²) >= 11 is 1.19. The first kappa shape index (κ1) is 26.1. The van der Waals surface area contributed by atoms with E-state index < -0.39 is 5.25 Å². The highest BCUT2D eigenvalue weighted by Gasteiger charge is 2.34. The summed E-state index contributed by atoms with van der Waals surface area (Å²) in [6, 6.07) is 19.8. The number of amides is 3. The zero-order valence-electron chi connectivity index (χ0n) is 21.6. The lowest BCUT2D eigenvalue weighted by atomic mass is 10.1. The lowest BCUT2D eigenvalue weighted by Crippen LogP contribution is -2.33. The van der Waals surface area contributed by atoms with Crippen molar-refractivity contribution in [2.24, 2.45) is 4.99 Å². The molecule has 2 heterocycles. The van der Waals surface area contributed by atoms with E-state index in [9.17, 15) is 14.4 Å². The van der Waals surface area contributed by atoms with E-state index in [-0.39, 0.29) is 30.2 Å². The van der Waals surface area contributed by atoms with Gasteiger partial charge in [0, 0.05) is 18.3 Å². The van der Waals surface area contributed by atoms with Gasteiger partial charge in [-0.1, -0.05) is 35.5 Å². The van der Waals surface area contributed by atoms with Gasteiger partial charge in [-0.3, -0.25) is 19.3 Å². The second-order valence-electron chi connectivity index (χ2n) is 9.02. The zero-order valence-corrected chi connectivity index (χ0v) is 22.4. The monoisotopic (exact) mass is 542 g/mol. The Morgan fingerprint density at radius 3 is 2.33 bits per heavy atom. The molecule has 198 valence electrons. The summed E-state index contributed by atoms with van der Waals surface area (Å²) in [5, 5.41) is 5.40. The van der Waals surface area contributed by atoms with Crippen LogP contribution in [0.1, 0.15) is 25.0 Å². The summed E-state index contributed by atoms with van der Waals surface area (Å²) in [4.78, 5) is 43.9. The maximum absolute atomic E-state index is 13.5. The van der Waals surface area contributed by atoms with Gasteiger partial charge >= 0.3 is 0 Å². The number of nitrogens with one attached hydrogen (secondary N) is 2. The number of carbonyl (C=O) groups excluding carboxylic acids is 3. The number of ether oxygens (including phenoxy) is 2. The Morgan fingerprint density at radius 1 is 0.974 bits per heavy atom. The van der Waals surface area contributed by atoms with Gasteiger partial charge in [-0.15, -0.1) is 0 Å². The lowest BCUT2D eigenvalue weighted by molar-refractivity contribution is -0.116. The van der Waals surface area contributed by atoms with Gasteiger partial charge < -0.3 is 20.1 Å². The number of rotatable bonds is 6. The van der Waals surface area contributed by atoms with Gasteiger partial charge in [-0.2, -0.15) is 0 Å². The minimum Gasteiger partial charge on any atom is -0.454 e. The molecule has 5 rings (SSSR count). The molecule has 0 saturated carbocycles. The summed E-state index contributed by atoms with van der Waals surface area (Å²) in [5.74, 6) is 0.549. The smallest absolute Gasteiger partial charge is 0.283 e. The van der Waals surface area contributed by atoms with Gasteiger partial charge in [0.15, 0.2) is 16.7 Å². The molecular formula is C29H26N4O5S. The van der Waals surface area contributed by atoms with Crippen LogP contribution in [0.4, 0.5) is 17.1 Å². The molecule has 39 heavy (non-hydrogen) atoms. The highest BCUT2D eigenvalue weighted by Crippen LogP contribution is 2.35. The first-order valence-electron chi connectivity index (χ1n) is 12.2. The molecule has 0 radical (unpaired) electrons. The fourth-order valence-electron chi connectivity index (χ4n) is 3.95. The van der Waals surface area contributed by atoms with Crippen molar-refractivity contribution in [1.82, 2.24) is 0 Å². The van der Waals surface area contributed by atoms with Crippen LogP contribution in [-0.2, 0) is 14.4 Å². The number of benzene rings is 3. The van der Waals surface area contributed by atoms with Gasteiger partial charge in [0.05, 0.1) is 10.9 Å². The van der Waals surface area contributed by atoms with Crippen molar-refractivity contribution in [3.8, 4) is 11.5 Å². The first-order valence-corrected chi connectivity index (χ1v) is 13.1. The summed E-state index contributed by atoms with van der Waals surface area (Å²) < 4.78 is 10.8. The van der Waals surface area contributed by atoms with Crippen LogP contribution in [0.5, 0.6) is 11.5 Å². The van der Waals surface area contributed by atoms with E-state index in [2.05, 4.69) is 15.6 Å². The third-order valence-corrected chi connectivity index (χ3v) is 7.00. The maximum Gasteiger partial charge on any atom is 0.283 e. The van der Waals surface area contributed by atoms with E-state index in [1.54, 1.807) is 49.4 Å². The zero-order chi connectivity index (χ0) is 27.5. The number of hydrogen-bond acceptors (Lipinski definition) is 7. The number of aliphatic imine (C=N–C) groups is 1. The summed E-state index contributed by atoms with van der Waals surface area (Å²) in [7, 11) is 0. The van der Waals surface area contributed by atoms with Gasteiger partial charge in [-0.05, 0) is 74.0 Å². The number of fused-ring (bicyclic) bond motifs is 1. The molecule has 3 amide bonds. The molecule has 1 unspecified atom stereocenters. The van der Waals surface area contributed by atoms with Crippen LogP contribution in [0.2, 0.25) is 0 Å². The van der Waals surface area contributed by atoms with Crippen LogP contribution < -0.4 is 25.0 Å². The molecule has 0 bridgehead atoms. The van der Waals surface area contributed by atoms with Crippen LogP contribution >= 0.6 is 11.8 Å². The summed E-state index contributed by atoms with van der Waals surface area (Å²) in [5.41, 5.74) is 3.94. The second-order valence-corrected chi connectivity index (χ2v) is 10.3. The molecule has 2 aliphatic rings. The fraction of sp³-hybridized carbons (Fsp3) is 0.172. The van der Waals surface area contributed by atoms with E-state index in [4.69, 9.17) is 9.47 Å². The average molecular weight is 543 g/mol. The van der Waals surface area contributed by atoms with Crippen LogP contribution in [-0.4, -0.2) is 34.9 Å². The Bertz CT molecular complexity index is 1500. The van der Waals surface area contributed by atoms with Gasteiger partial charge in [-0.25, -0.2) is 4.99 Å². The Labute approximate surface area is 229 Å². The quantitative estimate of drug-likeness (QED) is 0.415. The molecule has 0 fully saturated rings. The molecule has 0 spiro atoms. The molecule has 10 heteroatoms. The predicted molar refractivity (Wildman–Crippen MR) is 153 cm³/mol. The Hall–Kier alpha value is -4.57. The normalized spacial score (nSPS) is 15.8. The molecule has 1 atom stereocenters. The van der Waals surface area contributed by atoms with Crippen molar-refractivity contribution in [2.45, 2.75) is 26.0 Å². The van der Waals surface area contributed by atoms with Crippen LogP contribution in [0, 0.1) is 6.92 Å². The molecule has 0 saturated heterocycles. The largest absolute Gasteiger partial charge is 0.454 e. The first-order chi connectivity index (χ1) is 18.8.